The lowest BCUT2D eigenvalue weighted by molar-refractivity contribution is 0.300. The van der Waals surface area contributed by atoms with Crippen molar-refractivity contribution in [2.24, 2.45) is 5.84 Å². The fourth-order valence-electron chi connectivity index (χ4n) is 1.37. The molecule has 0 spiro atoms. The third-order valence-corrected chi connectivity index (χ3v) is 2.23. The number of aromatic nitrogens is 2. The van der Waals surface area contributed by atoms with Crippen LogP contribution in [0, 0.1) is 6.92 Å². The van der Waals surface area contributed by atoms with Crippen molar-refractivity contribution >= 4 is 5.82 Å². The number of rotatable bonds is 4. The Hall–Kier alpha value is -2.14. The third-order valence-electron chi connectivity index (χ3n) is 2.23. The van der Waals surface area contributed by atoms with Crippen LogP contribution in [0.3, 0.4) is 0 Å². The predicted octanol–water partition coefficient (Wildman–Crippen LogP) is 1.65. The van der Waals surface area contributed by atoms with E-state index in [1.165, 1.54) is 0 Å². The van der Waals surface area contributed by atoms with Gasteiger partial charge in [0, 0.05) is 0 Å². The van der Waals surface area contributed by atoms with E-state index in [9.17, 15) is 0 Å². The van der Waals surface area contributed by atoms with Crippen LogP contribution in [0.4, 0.5) is 5.82 Å². The molecule has 0 amide bonds. The summed E-state index contributed by atoms with van der Waals surface area (Å²) in [6.45, 7) is 2.41. The second-order valence-corrected chi connectivity index (χ2v) is 3.64. The zero-order chi connectivity index (χ0) is 12.1. The molecule has 0 aliphatic heterocycles. The number of hydrazine groups is 1. The zero-order valence-electron chi connectivity index (χ0n) is 9.55. The maximum absolute atomic E-state index is 5.59. The van der Waals surface area contributed by atoms with Gasteiger partial charge in [0.15, 0.2) is 5.82 Å². The first-order valence-corrected chi connectivity index (χ1v) is 5.25. The summed E-state index contributed by atoms with van der Waals surface area (Å²) in [6, 6.07) is 7.87. The summed E-state index contributed by atoms with van der Waals surface area (Å²) < 4.78 is 5.59. The van der Waals surface area contributed by atoms with Gasteiger partial charge in [0.1, 0.15) is 12.4 Å². The average molecular weight is 230 g/mol. The van der Waals surface area contributed by atoms with Crippen molar-refractivity contribution in [3.8, 4) is 5.75 Å². The smallest absolute Gasteiger partial charge is 0.158 e. The maximum Gasteiger partial charge on any atom is 0.158 e. The Morgan fingerprint density at radius 2 is 2.18 bits per heavy atom. The standard InChI is InChI=1S/C12H14N4O/c1-9-3-2-4-11(5-9)17-8-10-6-15-12(16-13)7-14-10/h2-7H,8,13H2,1H3,(H,15,16). The molecule has 0 bridgehead atoms. The van der Waals surface area contributed by atoms with Gasteiger partial charge in [0.05, 0.1) is 18.1 Å². The molecule has 5 heteroatoms. The molecule has 0 saturated heterocycles. The molecule has 0 fully saturated rings. The van der Waals surface area contributed by atoms with Crippen molar-refractivity contribution in [2.45, 2.75) is 13.5 Å². The van der Waals surface area contributed by atoms with Gasteiger partial charge in [0.2, 0.25) is 0 Å². The van der Waals surface area contributed by atoms with E-state index in [-0.39, 0.29) is 0 Å². The summed E-state index contributed by atoms with van der Waals surface area (Å²) in [6.07, 6.45) is 3.19. The van der Waals surface area contributed by atoms with Crippen LogP contribution >= 0.6 is 0 Å². The number of nitrogens with two attached hydrogens (primary N) is 1. The lowest BCUT2D eigenvalue weighted by atomic mass is 10.2. The summed E-state index contributed by atoms with van der Waals surface area (Å²) in [5.41, 5.74) is 4.34. The molecule has 0 saturated carbocycles. The van der Waals surface area contributed by atoms with Gasteiger partial charge in [-0.15, -0.1) is 0 Å². The van der Waals surface area contributed by atoms with Gasteiger partial charge in [-0.25, -0.2) is 10.8 Å². The highest BCUT2D eigenvalue weighted by molar-refractivity contribution is 5.29. The summed E-state index contributed by atoms with van der Waals surface area (Å²) in [5, 5.41) is 0. The monoisotopic (exact) mass is 230 g/mol. The number of anilines is 1. The minimum Gasteiger partial charge on any atom is -0.487 e. The number of benzene rings is 1. The highest BCUT2D eigenvalue weighted by atomic mass is 16.5. The third kappa shape index (κ3) is 3.15. The van der Waals surface area contributed by atoms with Gasteiger partial charge in [-0.2, -0.15) is 0 Å². The summed E-state index contributed by atoms with van der Waals surface area (Å²) in [7, 11) is 0. The molecular formula is C12H14N4O. The molecule has 0 aliphatic rings. The molecule has 1 aromatic heterocycles. The number of nitrogens with zero attached hydrogens (tertiary/aromatic N) is 2. The van der Waals surface area contributed by atoms with Crippen LogP contribution < -0.4 is 16.0 Å². The largest absolute Gasteiger partial charge is 0.487 e. The molecule has 2 rings (SSSR count). The van der Waals surface area contributed by atoms with E-state index < -0.39 is 0 Å². The van der Waals surface area contributed by atoms with E-state index in [2.05, 4.69) is 15.4 Å². The molecule has 1 heterocycles. The highest BCUT2D eigenvalue weighted by Crippen LogP contribution is 2.13. The Kier molecular flexibility index (Phi) is 3.52. The Balaban J connectivity index is 1.97. The first-order chi connectivity index (χ1) is 8.28. The minimum atomic E-state index is 0.390. The number of hydrogen-bond acceptors (Lipinski definition) is 5. The topological polar surface area (TPSA) is 73.1 Å². The van der Waals surface area contributed by atoms with E-state index >= 15 is 0 Å². The summed E-state index contributed by atoms with van der Waals surface area (Å²) in [4.78, 5) is 8.21. The van der Waals surface area contributed by atoms with Crippen LogP contribution in [0.1, 0.15) is 11.3 Å². The van der Waals surface area contributed by atoms with Crippen molar-refractivity contribution in [2.75, 3.05) is 5.43 Å². The van der Waals surface area contributed by atoms with Crippen LogP contribution in [0.15, 0.2) is 36.7 Å². The molecule has 5 nitrogen and oxygen atoms in total. The van der Waals surface area contributed by atoms with E-state index in [0.29, 0.717) is 12.4 Å². The molecule has 1 aromatic carbocycles. The number of nitrogen functional groups attached to an aromatic ring is 1. The fraction of sp³-hybridized carbons (Fsp3) is 0.167. The molecule has 0 unspecified atom stereocenters. The number of ether oxygens (including phenoxy) is 1. The van der Waals surface area contributed by atoms with Gasteiger partial charge < -0.3 is 10.2 Å². The molecule has 0 atom stereocenters. The molecule has 0 aliphatic carbocycles. The van der Waals surface area contributed by atoms with Crippen molar-refractivity contribution in [3.05, 3.63) is 47.9 Å². The quantitative estimate of drug-likeness (QED) is 0.617. The van der Waals surface area contributed by atoms with Crippen molar-refractivity contribution in [1.29, 1.82) is 0 Å². The van der Waals surface area contributed by atoms with Gasteiger partial charge in [0.25, 0.3) is 0 Å². The highest BCUT2D eigenvalue weighted by Gasteiger charge is 1.98. The van der Waals surface area contributed by atoms with E-state index in [0.717, 1.165) is 17.0 Å². The van der Waals surface area contributed by atoms with Crippen molar-refractivity contribution < 1.29 is 4.74 Å². The van der Waals surface area contributed by atoms with Crippen molar-refractivity contribution in [1.82, 2.24) is 9.97 Å². The van der Waals surface area contributed by atoms with Gasteiger partial charge in [-0.3, -0.25) is 4.98 Å². The van der Waals surface area contributed by atoms with Crippen LogP contribution in [0.25, 0.3) is 0 Å². The lowest BCUT2D eigenvalue weighted by Crippen LogP contribution is -2.09. The second kappa shape index (κ2) is 5.27. The Morgan fingerprint density at radius 1 is 1.29 bits per heavy atom. The molecule has 88 valence electrons. The van der Waals surface area contributed by atoms with Gasteiger partial charge >= 0.3 is 0 Å². The van der Waals surface area contributed by atoms with Gasteiger partial charge in [-0.05, 0) is 24.6 Å². The minimum absolute atomic E-state index is 0.390. The lowest BCUT2D eigenvalue weighted by Gasteiger charge is -2.06. The normalized spacial score (nSPS) is 10.0. The maximum atomic E-state index is 5.59. The van der Waals surface area contributed by atoms with Crippen molar-refractivity contribution in [3.63, 3.8) is 0 Å². The number of aryl methyl sites for hydroxylation is 1. The number of nitrogens with one attached hydrogen (secondary N) is 1. The van der Waals surface area contributed by atoms with E-state index in [1.807, 2.05) is 31.2 Å². The fourth-order valence-corrected chi connectivity index (χ4v) is 1.37. The zero-order valence-corrected chi connectivity index (χ0v) is 9.55. The summed E-state index contributed by atoms with van der Waals surface area (Å²) >= 11 is 0. The molecular weight excluding hydrogens is 216 g/mol. The second-order valence-electron chi connectivity index (χ2n) is 3.64. The van der Waals surface area contributed by atoms with Crippen LogP contribution in [-0.4, -0.2) is 9.97 Å². The van der Waals surface area contributed by atoms with Crippen LogP contribution in [0.5, 0.6) is 5.75 Å². The molecule has 17 heavy (non-hydrogen) atoms. The predicted molar refractivity (Wildman–Crippen MR) is 65.4 cm³/mol. The van der Waals surface area contributed by atoms with E-state index in [4.69, 9.17) is 10.6 Å². The Morgan fingerprint density at radius 3 is 2.82 bits per heavy atom. The Labute approximate surface area is 99.6 Å². The summed E-state index contributed by atoms with van der Waals surface area (Å²) in [5.74, 6) is 6.56. The molecule has 0 radical (unpaired) electrons. The SMILES string of the molecule is Cc1cccc(OCc2cnc(NN)cn2)c1. The van der Waals surface area contributed by atoms with Gasteiger partial charge in [-0.1, -0.05) is 12.1 Å². The van der Waals surface area contributed by atoms with E-state index in [1.54, 1.807) is 12.4 Å². The number of hydrogen-bond donors (Lipinski definition) is 2. The first kappa shape index (κ1) is 11.3. The first-order valence-electron chi connectivity index (χ1n) is 5.25. The molecule has 3 N–H and O–H groups in total. The Bertz CT molecular complexity index is 484. The van der Waals surface area contributed by atoms with Crippen LogP contribution in [0.2, 0.25) is 0 Å². The average Bonchev–Trinajstić information content (AvgIpc) is 2.37. The molecule has 2 aromatic rings. The van der Waals surface area contributed by atoms with Crippen LogP contribution in [-0.2, 0) is 6.61 Å².